The van der Waals surface area contributed by atoms with E-state index in [1.807, 2.05) is 12.1 Å². The van der Waals surface area contributed by atoms with Gasteiger partial charge in [0.05, 0.1) is 0 Å². The Morgan fingerprint density at radius 3 is 2.53 bits per heavy atom. The van der Waals surface area contributed by atoms with Gasteiger partial charge >= 0.3 is 0 Å². The van der Waals surface area contributed by atoms with E-state index in [1.165, 1.54) is 0 Å². The van der Waals surface area contributed by atoms with Gasteiger partial charge in [-0.2, -0.15) is 0 Å². The molecule has 17 heavy (non-hydrogen) atoms. The summed E-state index contributed by atoms with van der Waals surface area (Å²) in [4.78, 5) is 0. The van der Waals surface area contributed by atoms with Crippen LogP contribution in [0.4, 0.5) is 4.39 Å². The maximum atomic E-state index is 13.5. The average Bonchev–Trinajstić information content (AvgIpc) is 2.32. The fourth-order valence-electron chi connectivity index (χ4n) is 1.92. The van der Waals surface area contributed by atoms with Gasteiger partial charge in [0.15, 0.2) is 0 Å². The molecule has 0 spiro atoms. The first-order chi connectivity index (χ1) is 8.15. The van der Waals surface area contributed by atoms with Gasteiger partial charge in [-0.1, -0.05) is 39.0 Å². The Hall–Kier alpha value is -0.890. The molecular formula is C15H24FN. The molecule has 0 amide bonds. The van der Waals surface area contributed by atoms with Gasteiger partial charge in [0.1, 0.15) is 5.82 Å². The van der Waals surface area contributed by atoms with Gasteiger partial charge < -0.3 is 5.32 Å². The molecule has 0 aliphatic carbocycles. The maximum Gasteiger partial charge on any atom is 0.126 e. The quantitative estimate of drug-likeness (QED) is 0.714. The lowest BCUT2D eigenvalue weighted by Gasteiger charge is -2.20. The van der Waals surface area contributed by atoms with E-state index in [1.54, 1.807) is 12.1 Å². The summed E-state index contributed by atoms with van der Waals surface area (Å²) < 4.78 is 13.5. The third kappa shape index (κ3) is 4.86. The Labute approximate surface area is 104 Å². The van der Waals surface area contributed by atoms with Crippen molar-refractivity contribution in [3.05, 3.63) is 35.6 Å². The van der Waals surface area contributed by atoms with Crippen LogP contribution >= 0.6 is 0 Å². The Bertz CT molecular complexity index is 324. The molecule has 2 heteroatoms. The third-order valence-corrected chi connectivity index (χ3v) is 3.36. The SMILES string of the molecule is CCCNCC(C)C(C)Cc1ccccc1F. The summed E-state index contributed by atoms with van der Waals surface area (Å²) >= 11 is 0. The predicted molar refractivity (Wildman–Crippen MR) is 71.6 cm³/mol. The second-order valence-corrected chi connectivity index (χ2v) is 4.95. The van der Waals surface area contributed by atoms with Gasteiger partial charge in [-0.25, -0.2) is 4.39 Å². The Morgan fingerprint density at radius 2 is 1.88 bits per heavy atom. The summed E-state index contributed by atoms with van der Waals surface area (Å²) in [6, 6.07) is 7.08. The molecule has 0 aliphatic rings. The molecule has 0 fully saturated rings. The van der Waals surface area contributed by atoms with E-state index in [-0.39, 0.29) is 5.82 Å². The average molecular weight is 237 g/mol. The minimum Gasteiger partial charge on any atom is -0.316 e. The van der Waals surface area contributed by atoms with Gasteiger partial charge in [0.2, 0.25) is 0 Å². The maximum absolute atomic E-state index is 13.5. The molecule has 0 radical (unpaired) electrons. The lowest BCUT2D eigenvalue weighted by molar-refractivity contribution is 0.362. The zero-order valence-corrected chi connectivity index (χ0v) is 11.2. The smallest absolute Gasteiger partial charge is 0.126 e. The number of benzene rings is 1. The van der Waals surface area contributed by atoms with Crippen molar-refractivity contribution in [3.63, 3.8) is 0 Å². The van der Waals surface area contributed by atoms with Crippen molar-refractivity contribution in [1.29, 1.82) is 0 Å². The number of halogens is 1. The van der Waals surface area contributed by atoms with Crippen molar-refractivity contribution in [1.82, 2.24) is 5.32 Å². The van der Waals surface area contributed by atoms with Crippen LogP contribution in [-0.2, 0) is 6.42 Å². The zero-order chi connectivity index (χ0) is 12.7. The van der Waals surface area contributed by atoms with Crippen molar-refractivity contribution in [3.8, 4) is 0 Å². The highest BCUT2D eigenvalue weighted by Gasteiger charge is 2.14. The fraction of sp³-hybridized carbons (Fsp3) is 0.600. The van der Waals surface area contributed by atoms with E-state index in [0.29, 0.717) is 11.8 Å². The molecule has 1 aromatic rings. The van der Waals surface area contributed by atoms with Crippen LogP contribution in [0.25, 0.3) is 0 Å². The lowest BCUT2D eigenvalue weighted by atomic mass is 9.89. The van der Waals surface area contributed by atoms with Crippen LogP contribution in [0.5, 0.6) is 0 Å². The Balaban J connectivity index is 2.43. The lowest BCUT2D eigenvalue weighted by Crippen LogP contribution is -2.26. The molecule has 0 aliphatic heterocycles. The Kier molecular flexibility index (Phi) is 6.20. The molecule has 0 saturated carbocycles. The van der Waals surface area contributed by atoms with Gasteiger partial charge in [-0.05, 0) is 49.4 Å². The normalized spacial score (nSPS) is 14.6. The summed E-state index contributed by atoms with van der Waals surface area (Å²) in [7, 11) is 0. The van der Waals surface area contributed by atoms with Gasteiger partial charge in [0, 0.05) is 0 Å². The van der Waals surface area contributed by atoms with Crippen LogP contribution in [0, 0.1) is 17.7 Å². The molecule has 0 aromatic heterocycles. The van der Waals surface area contributed by atoms with Crippen LogP contribution in [0.2, 0.25) is 0 Å². The van der Waals surface area contributed by atoms with Crippen molar-refractivity contribution >= 4 is 0 Å². The highest BCUT2D eigenvalue weighted by molar-refractivity contribution is 5.17. The number of rotatable bonds is 7. The van der Waals surface area contributed by atoms with Crippen LogP contribution < -0.4 is 5.32 Å². The topological polar surface area (TPSA) is 12.0 Å². The minimum atomic E-state index is -0.0759. The number of nitrogens with one attached hydrogen (secondary N) is 1. The molecule has 2 unspecified atom stereocenters. The van der Waals surface area contributed by atoms with Crippen molar-refractivity contribution < 1.29 is 4.39 Å². The molecule has 1 nitrogen and oxygen atoms in total. The van der Waals surface area contributed by atoms with Gasteiger partial charge in [-0.15, -0.1) is 0 Å². The summed E-state index contributed by atoms with van der Waals surface area (Å²) in [6.45, 7) is 8.68. The summed E-state index contributed by atoms with van der Waals surface area (Å²) in [5, 5.41) is 3.42. The first-order valence-corrected chi connectivity index (χ1v) is 6.59. The third-order valence-electron chi connectivity index (χ3n) is 3.36. The van der Waals surface area contributed by atoms with Gasteiger partial charge in [-0.3, -0.25) is 0 Å². The largest absolute Gasteiger partial charge is 0.316 e. The Morgan fingerprint density at radius 1 is 1.18 bits per heavy atom. The highest BCUT2D eigenvalue weighted by Crippen LogP contribution is 2.18. The number of hydrogen-bond donors (Lipinski definition) is 1. The second kappa shape index (κ2) is 7.44. The monoisotopic (exact) mass is 237 g/mol. The van der Waals surface area contributed by atoms with Gasteiger partial charge in [0.25, 0.3) is 0 Å². The van der Waals surface area contributed by atoms with E-state index < -0.39 is 0 Å². The first-order valence-electron chi connectivity index (χ1n) is 6.59. The summed E-state index contributed by atoms with van der Waals surface area (Å²) in [5.74, 6) is 0.991. The van der Waals surface area contributed by atoms with Crippen LogP contribution in [-0.4, -0.2) is 13.1 Å². The molecule has 1 rings (SSSR count). The van der Waals surface area contributed by atoms with E-state index in [2.05, 4.69) is 26.1 Å². The molecule has 0 saturated heterocycles. The predicted octanol–water partition coefficient (Wildman–Crippen LogP) is 3.64. The molecular weight excluding hydrogens is 213 g/mol. The summed E-state index contributed by atoms with van der Waals surface area (Å²) in [6.07, 6.45) is 1.98. The first kappa shape index (κ1) is 14.2. The van der Waals surface area contributed by atoms with Crippen molar-refractivity contribution in [2.75, 3.05) is 13.1 Å². The van der Waals surface area contributed by atoms with E-state index in [9.17, 15) is 4.39 Å². The fourth-order valence-corrected chi connectivity index (χ4v) is 1.92. The molecule has 1 aromatic carbocycles. The van der Waals surface area contributed by atoms with Crippen molar-refractivity contribution in [2.24, 2.45) is 11.8 Å². The van der Waals surface area contributed by atoms with E-state index in [4.69, 9.17) is 0 Å². The van der Waals surface area contributed by atoms with Crippen LogP contribution in [0.1, 0.15) is 32.8 Å². The summed E-state index contributed by atoms with van der Waals surface area (Å²) in [5.41, 5.74) is 0.836. The van der Waals surface area contributed by atoms with E-state index >= 15 is 0 Å². The van der Waals surface area contributed by atoms with E-state index in [0.717, 1.165) is 31.5 Å². The minimum absolute atomic E-state index is 0.0759. The standard InChI is InChI=1S/C15H24FN/c1-4-9-17-11-13(3)12(2)10-14-7-5-6-8-15(14)16/h5-8,12-13,17H,4,9-11H2,1-3H3. The molecule has 2 atom stereocenters. The van der Waals surface area contributed by atoms with Crippen LogP contribution in [0.15, 0.2) is 24.3 Å². The molecule has 96 valence electrons. The molecule has 1 N–H and O–H groups in total. The molecule has 0 bridgehead atoms. The zero-order valence-electron chi connectivity index (χ0n) is 11.2. The number of hydrogen-bond acceptors (Lipinski definition) is 1. The molecule has 0 heterocycles. The van der Waals surface area contributed by atoms with Crippen LogP contribution in [0.3, 0.4) is 0 Å². The second-order valence-electron chi connectivity index (χ2n) is 4.95. The van der Waals surface area contributed by atoms with Crippen molar-refractivity contribution in [2.45, 2.75) is 33.6 Å². The highest BCUT2D eigenvalue weighted by atomic mass is 19.1.